The number of aliphatic hydroxyl groups excluding tert-OH is 1. The molecule has 1 amide bonds. The summed E-state index contributed by atoms with van der Waals surface area (Å²) in [6, 6.07) is 5.10. The lowest BCUT2D eigenvalue weighted by Gasteiger charge is -2.02. The van der Waals surface area contributed by atoms with Gasteiger partial charge in [-0.05, 0) is 42.0 Å². The molecule has 0 unspecified atom stereocenters. The fourth-order valence-electron chi connectivity index (χ4n) is 1.38. The van der Waals surface area contributed by atoms with Crippen LogP contribution < -0.4 is 5.32 Å². The van der Waals surface area contributed by atoms with Crippen LogP contribution >= 0.6 is 35.0 Å². The molecule has 0 heterocycles. The van der Waals surface area contributed by atoms with E-state index in [0.29, 0.717) is 22.2 Å². The summed E-state index contributed by atoms with van der Waals surface area (Å²) in [6.45, 7) is 0.811. The smallest absolute Gasteiger partial charge is 0.244 e. The molecule has 0 saturated carbocycles. The number of rotatable bonds is 8. The van der Waals surface area contributed by atoms with Gasteiger partial charge in [0.1, 0.15) is 0 Å². The Bertz CT molecular complexity index is 466. The summed E-state index contributed by atoms with van der Waals surface area (Å²) in [6.07, 6.45) is 3.87. The Morgan fingerprint density at radius 1 is 1.35 bits per heavy atom. The average Bonchev–Trinajstić information content (AvgIpc) is 2.43. The van der Waals surface area contributed by atoms with Crippen LogP contribution in [0.4, 0.5) is 0 Å². The van der Waals surface area contributed by atoms with E-state index in [-0.39, 0.29) is 12.5 Å². The standard InChI is InChI=1S/C14H17Cl2NO2S/c15-12-3-4-13(16)11(10-12)2-5-14(19)17-6-9-20-8-1-7-18/h2-5,10,18H,1,6-9H2,(H,17,19)/b5-2+. The van der Waals surface area contributed by atoms with Gasteiger partial charge in [-0.25, -0.2) is 0 Å². The van der Waals surface area contributed by atoms with Crippen molar-refractivity contribution in [2.75, 3.05) is 24.7 Å². The van der Waals surface area contributed by atoms with Gasteiger partial charge in [0.15, 0.2) is 0 Å². The van der Waals surface area contributed by atoms with E-state index in [0.717, 1.165) is 17.9 Å². The van der Waals surface area contributed by atoms with Crippen LogP contribution in [0.2, 0.25) is 10.0 Å². The zero-order valence-corrected chi connectivity index (χ0v) is 13.3. The molecule has 110 valence electrons. The molecule has 1 aromatic carbocycles. The number of hydrogen-bond donors (Lipinski definition) is 2. The molecule has 0 aliphatic carbocycles. The van der Waals surface area contributed by atoms with Crippen molar-refractivity contribution in [3.8, 4) is 0 Å². The predicted octanol–water partition coefficient (Wildman–Crippen LogP) is 3.24. The van der Waals surface area contributed by atoms with Gasteiger partial charge in [0, 0.05) is 35.0 Å². The summed E-state index contributed by atoms with van der Waals surface area (Å²) >= 11 is 13.6. The largest absolute Gasteiger partial charge is 0.396 e. The molecule has 3 nitrogen and oxygen atoms in total. The van der Waals surface area contributed by atoms with E-state index in [4.69, 9.17) is 28.3 Å². The SMILES string of the molecule is O=C(/C=C/c1cc(Cl)ccc1Cl)NCCSCCCO. The lowest BCUT2D eigenvalue weighted by Crippen LogP contribution is -2.23. The van der Waals surface area contributed by atoms with Crippen LogP contribution in [0.25, 0.3) is 6.08 Å². The van der Waals surface area contributed by atoms with Gasteiger partial charge < -0.3 is 10.4 Å². The van der Waals surface area contributed by atoms with Crippen molar-refractivity contribution in [2.24, 2.45) is 0 Å². The number of hydrogen-bond acceptors (Lipinski definition) is 3. The molecule has 0 aliphatic heterocycles. The highest BCUT2D eigenvalue weighted by Crippen LogP contribution is 2.21. The third-order valence-electron chi connectivity index (χ3n) is 2.36. The monoisotopic (exact) mass is 333 g/mol. The molecule has 0 spiro atoms. The highest BCUT2D eigenvalue weighted by atomic mass is 35.5. The molecule has 0 aliphatic rings. The summed E-state index contributed by atoms with van der Waals surface area (Å²) in [7, 11) is 0. The predicted molar refractivity (Wildman–Crippen MR) is 87.5 cm³/mol. The minimum Gasteiger partial charge on any atom is -0.396 e. The maximum Gasteiger partial charge on any atom is 0.244 e. The number of amides is 1. The average molecular weight is 334 g/mol. The van der Waals surface area contributed by atoms with Gasteiger partial charge >= 0.3 is 0 Å². The summed E-state index contributed by atoms with van der Waals surface area (Å²) in [5.41, 5.74) is 0.714. The fraction of sp³-hybridized carbons (Fsp3) is 0.357. The van der Waals surface area contributed by atoms with Gasteiger partial charge in [-0.3, -0.25) is 4.79 Å². The third-order valence-corrected chi connectivity index (χ3v) is 4.01. The normalized spacial score (nSPS) is 10.9. The summed E-state index contributed by atoms with van der Waals surface area (Å²) < 4.78 is 0. The fourth-order valence-corrected chi connectivity index (χ4v) is 2.53. The van der Waals surface area contributed by atoms with E-state index in [2.05, 4.69) is 5.32 Å². The van der Waals surface area contributed by atoms with E-state index >= 15 is 0 Å². The third kappa shape index (κ3) is 7.20. The second-order valence-electron chi connectivity index (χ2n) is 3.98. The molecule has 20 heavy (non-hydrogen) atoms. The van der Waals surface area contributed by atoms with Crippen molar-refractivity contribution in [3.05, 3.63) is 39.9 Å². The van der Waals surface area contributed by atoms with Crippen LogP contribution in [0, 0.1) is 0 Å². The Morgan fingerprint density at radius 2 is 2.15 bits per heavy atom. The Kier molecular flexibility index (Phi) is 8.78. The van der Waals surface area contributed by atoms with E-state index in [1.807, 2.05) is 0 Å². The quantitative estimate of drug-likeness (QED) is 0.567. The van der Waals surface area contributed by atoms with Crippen LogP contribution in [0.1, 0.15) is 12.0 Å². The van der Waals surface area contributed by atoms with Crippen LogP contribution in [0.15, 0.2) is 24.3 Å². The van der Waals surface area contributed by atoms with Gasteiger partial charge in [0.2, 0.25) is 5.91 Å². The number of benzene rings is 1. The lowest BCUT2D eigenvalue weighted by atomic mass is 10.2. The van der Waals surface area contributed by atoms with Gasteiger partial charge in [0.25, 0.3) is 0 Å². The van der Waals surface area contributed by atoms with E-state index in [1.54, 1.807) is 36.0 Å². The number of carbonyl (C=O) groups excluding carboxylic acids is 1. The zero-order valence-electron chi connectivity index (χ0n) is 10.9. The number of halogens is 2. The second kappa shape index (κ2) is 10.1. The van der Waals surface area contributed by atoms with E-state index in [1.165, 1.54) is 6.08 Å². The molecule has 0 fully saturated rings. The molecular weight excluding hydrogens is 317 g/mol. The van der Waals surface area contributed by atoms with Gasteiger partial charge in [-0.15, -0.1) is 0 Å². The molecule has 2 N–H and O–H groups in total. The van der Waals surface area contributed by atoms with E-state index < -0.39 is 0 Å². The van der Waals surface area contributed by atoms with Gasteiger partial charge in [-0.1, -0.05) is 23.2 Å². The Morgan fingerprint density at radius 3 is 2.90 bits per heavy atom. The van der Waals surface area contributed by atoms with E-state index in [9.17, 15) is 4.79 Å². The first-order chi connectivity index (χ1) is 9.63. The highest BCUT2D eigenvalue weighted by Gasteiger charge is 1.99. The van der Waals surface area contributed by atoms with Crippen molar-refractivity contribution < 1.29 is 9.90 Å². The van der Waals surface area contributed by atoms with Crippen LogP contribution in [-0.2, 0) is 4.79 Å². The minimum absolute atomic E-state index is 0.163. The molecule has 0 radical (unpaired) electrons. The maximum absolute atomic E-state index is 11.6. The van der Waals surface area contributed by atoms with Crippen molar-refractivity contribution in [2.45, 2.75) is 6.42 Å². The number of nitrogens with one attached hydrogen (secondary N) is 1. The Hall–Kier alpha value is -0.680. The van der Waals surface area contributed by atoms with Gasteiger partial charge in [0.05, 0.1) is 0 Å². The zero-order chi connectivity index (χ0) is 14.8. The highest BCUT2D eigenvalue weighted by molar-refractivity contribution is 7.99. The van der Waals surface area contributed by atoms with Crippen molar-refractivity contribution in [1.29, 1.82) is 0 Å². The molecule has 0 saturated heterocycles. The summed E-state index contributed by atoms with van der Waals surface area (Å²) in [5.74, 6) is 1.57. The second-order valence-corrected chi connectivity index (χ2v) is 6.05. The lowest BCUT2D eigenvalue weighted by molar-refractivity contribution is -0.116. The number of carbonyl (C=O) groups is 1. The molecule has 0 atom stereocenters. The van der Waals surface area contributed by atoms with Crippen LogP contribution in [0.5, 0.6) is 0 Å². The van der Waals surface area contributed by atoms with Crippen molar-refractivity contribution in [3.63, 3.8) is 0 Å². The number of thioether (sulfide) groups is 1. The van der Waals surface area contributed by atoms with Gasteiger partial charge in [-0.2, -0.15) is 11.8 Å². The molecule has 1 aromatic rings. The Labute approximate surface area is 133 Å². The van der Waals surface area contributed by atoms with Crippen LogP contribution in [0.3, 0.4) is 0 Å². The topological polar surface area (TPSA) is 49.3 Å². The first-order valence-electron chi connectivity index (χ1n) is 6.23. The first-order valence-corrected chi connectivity index (χ1v) is 8.14. The Balaban J connectivity index is 2.31. The first kappa shape index (κ1) is 17.4. The molecule has 1 rings (SSSR count). The van der Waals surface area contributed by atoms with Crippen LogP contribution in [-0.4, -0.2) is 35.7 Å². The minimum atomic E-state index is -0.163. The van der Waals surface area contributed by atoms with Crippen molar-refractivity contribution in [1.82, 2.24) is 5.32 Å². The summed E-state index contributed by atoms with van der Waals surface area (Å²) in [4.78, 5) is 11.6. The summed E-state index contributed by atoms with van der Waals surface area (Å²) in [5, 5.41) is 12.5. The maximum atomic E-state index is 11.6. The molecule has 0 bridgehead atoms. The molecule has 0 aromatic heterocycles. The molecular formula is C14H17Cl2NO2S. The molecule has 6 heteroatoms. The number of aliphatic hydroxyl groups is 1. The van der Waals surface area contributed by atoms with Crippen molar-refractivity contribution >= 4 is 46.9 Å².